The Kier molecular flexibility index (Phi) is 5.13. The molecule has 3 rings (SSSR count). The molecular formula is C16H15FN2O5S. The van der Waals surface area contributed by atoms with Crippen LogP contribution in [0, 0.1) is 5.82 Å². The smallest absolute Gasteiger partial charge is 0.326 e. The number of amides is 1. The number of esters is 1. The number of hydrogen-bond donors (Lipinski definition) is 0. The molecule has 0 radical (unpaired) electrons. The summed E-state index contributed by atoms with van der Waals surface area (Å²) in [7, 11) is 0. The molecule has 1 aromatic carbocycles. The quantitative estimate of drug-likeness (QED) is 0.770. The fraction of sp³-hybridized carbons (Fsp3) is 0.312. The minimum absolute atomic E-state index is 0.0353. The average Bonchev–Trinajstić information content (AvgIpc) is 2.94. The maximum absolute atomic E-state index is 14.2. The van der Waals surface area contributed by atoms with Gasteiger partial charge in [0.1, 0.15) is 31.8 Å². The lowest BCUT2D eigenvalue weighted by molar-refractivity contribution is -0.143. The SMILES string of the molecule is CCOC(=O)Cn1c(=NC(=O)C2=COCCO2)sc2cccc(F)c21. The number of thiazole rings is 1. The van der Waals surface area contributed by atoms with Crippen molar-refractivity contribution in [3.63, 3.8) is 0 Å². The van der Waals surface area contributed by atoms with Gasteiger partial charge < -0.3 is 18.8 Å². The van der Waals surface area contributed by atoms with Gasteiger partial charge in [0.15, 0.2) is 4.80 Å². The fourth-order valence-corrected chi connectivity index (χ4v) is 3.32. The van der Waals surface area contributed by atoms with E-state index in [0.717, 1.165) is 11.3 Å². The van der Waals surface area contributed by atoms with Crippen molar-refractivity contribution in [1.29, 1.82) is 0 Å². The first-order chi connectivity index (χ1) is 12.1. The van der Waals surface area contributed by atoms with Crippen molar-refractivity contribution in [3.8, 4) is 0 Å². The Balaban J connectivity index is 2.08. The molecule has 9 heteroatoms. The highest BCUT2D eigenvalue weighted by Gasteiger charge is 2.18. The molecule has 7 nitrogen and oxygen atoms in total. The fourth-order valence-electron chi connectivity index (χ4n) is 2.28. The normalized spacial score (nSPS) is 14.6. The number of aromatic nitrogens is 1. The van der Waals surface area contributed by atoms with E-state index in [0.29, 0.717) is 11.3 Å². The molecule has 0 saturated carbocycles. The maximum atomic E-state index is 14.2. The molecule has 1 aliphatic rings. The number of nitrogens with zero attached hydrogens (tertiary/aromatic N) is 2. The number of carbonyl (C=O) groups is 2. The van der Waals surface area contributed by atoms with Gasteiger partial charge in [0.25, 0.3) is 0 Å². The van der Waals surface area contributed by atoms with Crippen LogP contribution in [0.15, 0.2) is 35.2 Å². The molecule has 0 aliphatic carbocycles. The summed E-state index contributed by atoms with van der Waals surface area (Å²) in [6, 6.07) is 4.52. The topological polar surface area (TPSA) is 79.1 Å². The van der Waals surface area contributed by atoms with Crippen molar-refractivity contribution in [2.24, 2.45) is 4.99 Å². The first-order valence-electron chi connectivity index (χ1n) is 7.57. The predicted octanol–water partition coefficient (Wildman–Crippen LogP) is 1.72. The second-order valence-corrected chi connectivity index (χ2v) is 5.99. The van der Waals surface area contributed by atoms with Crippen LogP contribution in [0.1, 0.15) is 6.92 Å². The largest absolute Gasteiger partial charge is 0.494 e. The van der Waals surface area contributed by atoms with Crippen LogP contribution >= 0.6 is 11.3 Å². The molecule has 0 N–H and O–H groups in total. The Labute approximate surface area is 145 Å². The first kappa shape index (κ1) is 17.2. The van der Waals surface area contributed by atoms with Crippen molar-refractivity contribution in [2.45, 2.75) is 13.5 Å². The van der Waals surface area contributed by atoms with Gasteiger partial charge in [0, 0.05) is 0 Å². The van der Waals surface area contributed by atoms with E-state index in [1.54, 1.807) is 19.1 Å². The Morgan fingerprint density at radius 1 is 1.40 bits per heavy atom. The number of fused-ring (bicyclic) bond motifs is 1. The van der Waals surface area contributed by atoms with Crippen molar-refractivity contribution in [1.82, 2.24) is 4.57 Å². The van der Waals surface area contributed by atoms with Gasteiger partial charge in [-0.25, -0.2) is 4.39 Å². The summed E-state index contributed by atoms with van der Waals surface area (Å²) < 4.78 is 31.3. The van der Waals surface area contributed by atoms with Crippen LogP contribution in [0.5, 0.6) is 0 Å². The van der Waals surface area contributed by atoms with E-state index >= 15 is 0 Å². The minimum Gasteiger partial charge on any atom is -0.494 e. The van der Waals surface area contributed by atoms with Crippen LogP contribution in [-0.4, -0.2) is 36.3 Å². The van der Waals surface area contributed by atoms with Gasteiger partial charge in [-0.2, -0.15) is 4.99 Å². The van der Waals surface area contributed by atoms with Crippen molar-refractivity contribution in [2.75, 3.05) is 19.8 Å². The molecule has 2 aromatic rings. The van der Waals surface area contributed by atoms with Crippen LogP contribution in [0.3, 0.4) is 0 Å². The molecule has 1 aliphatic heterocycles. The lowest BCUT2D eigenvalue weighted by atomic mass is 10.3. The van der Waals surface area contributed by atoms with Crippen molar-refractivity contribution in [3.05, 3.63) is 40.8 Å². The number of para-hydroxylation sites is 1. The molecule has 25 heavy (non-hydrogen) atoms. The van der Waals surface area contributed by atoms with Crippen LogP contribution in [-0.2, 0) is 30.3 Å². The number of rotatable bonds is 4. The number of halogens is 1. The molecule has 2 heterocycles. The van der Waals surface area contributed by atoms with Gasteiger partial charge in [-0.05, 0) is 19.1 Å². The number of hydrogen-bond acceptors (Lipinski definition) is 6. The Bertz CT molecular complexity index is 915. The summed E-state index contributed by atoms with van der Waals surface area (Å²) >= 11 is 1.09. The molecule has 0 unspecified atom stereocenters. The maximum Gasteiger partial charge on any atom is 0.326 e. The average molecular weight is 366 g/mol. The standard InChI is InChI=1S/C16H15FN2O5S/c1-2-23-13(20)8-19-14-10(17)4-3-5-12(14)25-16(19)18-15(21)11-9-22-6-7-24-11/h3-5,9H,2,6-8H2,1H3. The number of benzene rings is 1. The van der Waals surface area contributed by atoms with Gasteiger partial charge in [-0.15, -0.1) is 0 Å². The summed E-state index contributed by atoms with van der Waals surface area (Å²) in [5.74, 6) is -1.75. The van der Waals surface area contributed by atoms with Crippen LogP contribution in [0.4, 0.5) is 4.39 Å². The predicted molar refractivity (Wildman–Crippen MR) is 87.0 cm³/mol. The second-order valence-electron chi connectivity index (χ2n) is 4.98. The lowest BCUT2D eigenvalue weighted by Gasteiger charge is -2.12. The summed E-state index contributed by atoms with van der Waals surface area (Å²) in [5.41, 5.74) is 0.196. The molecule has 0 spiro atoms. The highest BCUT2D eigenvalue weighted by atomic mass is 32.1. The molecule has 0 atom stereocenters. The monoisotopic (exact) mass is 366 g/mol. The van der Waals surface area contributed by atoms with Gasteiger partial charge in [-0.1, -0.05) is 17.4 Å². The van der Waals surface area contributed by atoms with Gasteiger partial charge in [0.2, 0.25) is 5.76 Å². The van der Waals surface area contributed by atoms with Gasteiger partial charge >= 0.3 is 11.9 Å². The van der Waals surface area contributed by atoms with Crippen molar-refractivity contribution < 1.29 is 28.2 Å². The van der Waals surface area contributed by atoms with E-state index in [2.05, 4.69) is 4.99 Å². The number of ether oxygens (including phenoxy) is 3. The molecule has 1 amide bonds. The summed E-state index contributed by atoms with van der Waals surface area (Å²) in [6.45, 7) is 2.23. The van der Waals surface area contributed by atoms with Crippen LogP contribution in [0.25, 0.3) is 10.2 Å². The highest BCUT2D eigenvalue weighted by molar-refractivity contribution is 7.16. The third-order valence-electron chi connectivity index (χ3n) is 3.30. The zero-order valence-electron chi connectivity index (χ0n) is 13.4. The van der Waals surface area contributed by atoms with Crippen LogP contribution < -0.4 is 4.80 Å². The van der Waals surface area contributed by atoms with Crippen LogP contribution in [0.2, 0.25) is 0 Å². The Morgan fingerprint density at radius 2 is 2.24 bits per heavy atom. The summed E-state index contributed by atoms with van der Waals surface area (Å²) in [4.78, 5) is 28.2. The zero-order valence-corrected chi connectivity index (χ0v) is 14.2. The van der Waals surface area contributed by atoms with Gasteiger partial charge in [0.05, 0.1) is 16.8 Å². The molecule has 0 saturated heterocycles. The van der Waals surface area contributed by atoms with E-state index in [1.165, 1.54) is 16.9 Å². The van der Waals surface area contributed by atoms with E-state index in [9.17, 15) is 14.0 Å². The summed E-state index contributed by atoms with van der Waals surface area (Å²) in [6.07, 6.45) is 1.19. The Morgan fingerprint density at radius 3 is 2.96 bits per heavy atom. The third kappa shape index (κ3) is 3.71. The van der Waals surface area contributed by atoms with Gasteiger partial charge in [-0.3, -0.25) is 9.59 Å². The third-order valence-corrected chi connectivity index (χ3v) is 4.35. The second kappa shape index (κ2) is 7.47. The summed E-state index contributed by atoms with van der Waals surface area (Å²) in [5, 5.41) is 0. The molecule has 0 bridgehead atoms. The van der Waals surface area contributed by atoms with Crippen molar-refractivity contribution >= 4 is 33.4 Å². The molecule has 1 aromatic heterocycles. The van der Waals surface area contributed by atoms with E-state index in [-0.39, 0.29) is 35.8 Å². The highest BCUT2D eigenvalue weighted by Crippen LogP contribution is 2.20. The van der Waals surface area contributed by atoms with E-state index in [4.69, 9.17) is 14.2 Å². The van der Waals surface area contributed by atoms with E-state index < -0.39 is 17.7 Å². The lowest BCUT2D eigenvalue weighted by Crippen LogP contribution is -2.24. The first-order valence-corrected chi connectivity index (χ1v) is 8.39. The zero-order chi connectivity index (χ0) is 17.8. The Hall–Kier alpha value is -2.68. The molecule has 132 valence electrons. The minimum atomic E-state index is -0.663. The molecule has 0 fully saturated rings. The van der Waals surface area contributed by atoms with E-state index in [1.807, 2.05) is 0 Å². The molecular weight excluding hydrogens is 351 g/mol. The number of carbonyl (C=O) groups excluding carboxylic acids is 2.